The molecule has 0 bridgehead atoms. The monoisotopic (exact) mass is 246 g/mol. The number of aromatic nitrogens is 2. The average Bonchev–Trinajstić information content (AvgIpc) is 2.86. The molecule has 0 aliphatic carbocycles. The van der Waals surface area contributed by atoms with E-state index >= 15 is 0 Å². The van der Waals surface area contributed by atoms with Crippen LogP contribution in [0.4, 0.5) is 5.69 Å². The number of rotatable bonds is 4. The van der Waals surface area contributed by atoms with Crippen LogP contribution in [0.25, 0.3) is 11.4 Å². The van der Waals surface area contributed by atoms with Crippen LogP contribution in [0.15, 0.2) is 22.7 Å². The lowest BCUT2D eigenvalue weighted by molar-refractivity contribution is 0.380. The first-order chi connectivity index (χ1) is 8.65. The maximum Gasteiger partial charge on any atom is 0.240 e. The lowest BCUT2D eigenvalue weighted by atomic mass is 10.1. The molecular formula is C13H18N4O. The van der Waals surface area contributed by atoms with Gasteiger partial charge in [0.25, 0.3) is 0 Å². The molecule has 0 radical (unpaired) electrons. The first-order valence-electron chi connectivity index (χ1n) is 5.99. The molecule has 0 fully saturated rings. The van der Waals surface area contributed by atoms with Crippen LogP contribution in [0.5, 0.6) is 0 Å². The molecule has 0 atom stereocenters. The number of benzene rings is 1. The summed E-state index contributed by atoms with van der Waals surface area (Å²) in [6, 6.07) is 6.29. The van der Waals surface area contributed by atoms with Crippen molar-refractivity contribution in [2.24, 2.45) is 5.73 Å². The number of hydrogen-bond donors (Lipinski definition) is 1. The Balaban J connectivity index is 2.52. The van der Waals surface area contributed by atoms with Crippen molar-refractivity contribution < 1.29 is 4.52 Å². The van der Waals surface area contributed by atoms with Crippen LogP contribution >= 0.6 is 0 Å². The number of anilines is 1. The van der Waals surface area contributed by atoms with Crippen molar-refractivity contribution >= 4 is 5.69 Å². The van der Waals surface area contributed by atoms with E-state index in [0.717, 1.165) is 17.7 Å². The van der Waals surface area contributed by atoms with Crippen molar-refractivity contribution in [3.05, 3.63) is 29.7 Å². The molecule has 0 aliphatic rings. The van der Waals surface area contributed by atoms with Gasteiger partial charge in [0.2, 0.25) is 11.7 Å². The molecule has 0 amide bonds. The first-order valence-corrected chi connectivity index (χ1v) is 5.99. The van der Waals surface area contributed by atoms with Crippen molar-refractivity contribution in [2.45, 2.75) is 19.9 Å². The quantitative estimate of drug-likeness (QED) is 0.891. The zero-order chi connectivity index (χ0) is 13.1. The predicted molar refractivity (Wildman–Crippen MR) is 71.3 cm³/mol. The summed E-state index contributed by atoms with van der Waals surface area (Å²) in [4.78, 5) is 6.32. The Hall–Kier alpha value is -1.88. The average molecular weight is 246 g/mol. The van der Waals surface area contributed by atoms with Gasteiger partial charge in [0, 0.05) is 25.3 Å². The fourth-order valence-corrected chi connectivity index (χ4v) is 1.82. The molecule has 96 valence electrons. The fourth-order valence-electron chi connectivity index (χ4n) is 1.82. The van der Waals surface area contributed by atoms with Crippen molar-refractivity contribution in [3.63, 3.8) is 0 Å². The summed E-state index contributed by atoms with van der Waals surface area (Å²) in [7, 11) is 3.99. The molecular weight excluding hydrogens is 228 g/mol. The van der Waals surface area contributed by atoms with Crippen molar-refractivity contribution in [1.29, 1.82) is 0 Å². The third kappa shape index (κ3) is 2.36. The van der Waals surface area contributed by atoms with Crippen LogP contribution < -0.4 is 10.6 Å². The number of nitrogens with zero attached hydrogens (tertiary/aromatic N) is 3. The highest BCUT2D eigenvalue weighted by Gasteiger charge is 2.13. The lowest BCUT2D eigenvalue weighted by Crippen LogP contribution is -2.10. The molecule has 5 heteroatoms. The summed E-state index contributed by atoms with van der Waals surface area (Å²) in [6.07, 6.45) is 0.975. The maximum atomic E-state index is 5.49. The van der Waals surface area contributed by atoms with Gasteiger partial charge in [0.15, 0.2) is 0 Å². The van der Waals surface area contributed by atoms with Gasteiger partial charge in [0.05, 0.1) is 6.54 Å². The molecule has 2 aromatic rings. The normalized spacial score (nSPS) is 10.7. The SMILES string of the molecule is CCc1ccc(N(C)C)c(-c2noc(CN)n2)c1. The predicted octanol–water partition coefficient (Wildman–Crippen LogP) is 1.82. The molecule has 1 aromatic heterocycles. The molecule has 18 heavy (non-hydrogen) atoms. The molecule has 0 saturated heterocycles. The standard InChI is InChI=1S/C13H18N4O/c1-4-9-5-6-11(17(2)3)10(7-9)13-15-12(8-14)18-16-13/h5-7H,4,8,14H2,1-3H3. The molecule has 0 aliphatic heterocycles. The number of aryl methyl sites for hydroxylation is 1. The van der Waals surface area contributed by atoms with Crippen molar-refractivity contribution in [3.8, 4) is 11.4 Å². The van der Waals surface area contributed by atoms with Crippen LogP contribution in [-0.2, 0) is 13.0 Å². The van der Waals surface area contributed by atoms with Gasteiger partial charge in [-0.2, -0.15) is 4.98 Å². The summed E-state index contributed by atoms with van der Waals surface area (Å²) in [5, 5.41) is 3.98. The molecule has 0 spiro atoms. The second kappa shape index (κ2) is 5.18. The van der Waals surface area contributed by atoms with Gasteiger partial charge in [-0.3, -0.25) is 0 Å². The summed E-state index contributed by atoms with van der Waals surface area (Å²) in [5.74, 6) is 1.05. The van der Waals surface area contributed by atoms with Gasteiger partial charge in [-0.1, -0.05) is 18.1 Å². The van der Waals surface area contributed by atoms with Gasteiger partial charge in [-0.25, -0.2) is 0 Å². The van der Waals surface area contributed by atoms with Crippen LogP contribution in [0.2, 0.25) is 0 Å². The second-order valence-corrected chi connectivity index (χ2v) is 4.32. The molecule has 0 saturated carbocycles. The minimum absolute atomic E-state index is 0.262. The molecule has 1 heterocycles. The van der Waals surface area contributed by atoms with Gasteiger partial charge in [-0.05, 0) is 24.1 Å². The maximum absolute atomic E-state index is 5.49. The third-order valence-corrected chi connectivity index (χ3v) is 2.83. The zero-order valence-corrected chi connectivity index (χ0v) is 11.0. The van der Waals surface area contributed by atoms with E-state index in [1.54, 1.807) is 0 Å². The Morgan fingerprint density at radius 2 is 2.11 bits per heavy atom. The van der Waals surface area contributed by atoms with E-state index in [4.69, 9.17) is 10.3 Å². The Morgan fingerprint density at radius 3 is 2.67 bits per heavy atom. The zero-order valence-electron chi connectivity index (χ0n) is 11.0. The van der Waals surface area contributed by atoms with Crippen molar-refractivity contribution in [1.82, 2.24) is 10.1 Å². The molecule has 2 rings (SSSR count). The third-order valence-electron chi connectivity index (χ3n) is 2.83. The molecule has 1 aromatic carbocycles. The fraction of sp³-hybridized carbons (Fsp3) is 0.385. The van der Waals surface area contributed by atoms with Crippen LogP contribution in [-0.4, -0.2) is 24.2 Å². The first kappa shape index (κ1) is 12.6. The van der Waals surface area contributed by atoms with E-state index in [1.165, 1.54) is 5.56 Å². The Bertz CT molecular complexity index is 534. The van der Waals surface area contributed by atoms with E-state index in [-0.39, 0.29) is 6.54 Å². The van der Waals surface area contributed by atoms with Gasteiger partial charge >= 0.3 is 0 Å². The summed E-state index contributed by atoms with van der Waals surface area (Å²) >= 11 is 0. The Morgan fingerprint density at radius 1 is 1.33 bits per heavy atom. The number of nitrogens with two attached hydrogens (primary N) is 1. The molecule has 0 unspecified atom stereocenters. The lowest BCUT2D eigenvalue weighted by Gasteiger charge is -2.16. The smallest absolute Gasteiger partial charge is 0.240 e. The van der Waals surface area contributed by atoms with E-state index in [2.05, 4.69) is 35.3 Å². The Kier molecular flexibility index (Phi) is 3.62. The van der Waals surface area contributed by atoms with E-state index in [0.29, 0.717) is 11.7 Å². The summed E-state index contributed by atoms with van der Waals surface area (Å²) in [5.41, 5.74) is 8.77. The topological polar surface area (TPSA) is 68.2 Å². The van der Waals surface area contributed by atoms with Crippen molar-refractivity contribution in [2.75, 3.05) is 19.0 Å². The molecule has 2 N–H and O–H groups in total. The van der Waals surface area contributed by atoms with E-state index < -0.39 is 0 Å². The highest BCUT2D eigenvalue weighted by atomic mass is 16.5. The van der Waals surface area contributed by atoms with Gasteiger partial charge in [0.1, 0.15) is 0 Å². The highest BCUT2D eigenvalue weighted by molar-refractivity contribution is 5.74. The van der Waals surface area contributed by atoms with Crippen LogP contribution in [0.1, 0.15) is 18.4 Å². The molecule has 5 nitrogen and oxygen atoms in total. The van der Waals surface area contributed by atoms with E-state index in [9.17, 15) is 0 Å². The highest BCUT2D eigenvalue weighted by Crippen LogP contribution is 2.29. The van der Waals surface area contributed by atoms with Crippen LogP contribution in [0.3, 0.4) is 0 Å². The minimum atomic E-state index is 0.262. The van der Waals surface area contributed by atoms with Crippen LogP contribution in [0, 0.1) is 0 Å². The second-order valence-electron chi connectivity index (χ2n) is 4.32. The largest absolute Gasteiger partial charge is 0.377 e. The Labute approximate surface area is 107 Å². The summed E-state index contributed by atoms with van der Waals surface area (Å²) in [6.45, 7) is 2.38. The van der Waals surface area contributed by atoms with E-state index in [1.807, 2.05) is 19.0 Å². The van der Waals surface area contributed by atoms with Gasteiger partial charge in [-0.15, -0.1) is 0 Å². The number of hydrogen-bond acceptors (Lipinski definition) is 5. The minimum Gasteiger partial charge on any atom is -0.377 e. The summed E-state index contributed by atoms with van der Waals surface area (Å²) < 4.78 is 5.07. The van der Waals surface area contributed by atoms with Gasteiger partial charge < -0.3 is 15.2 Å².